The third-order valence-electron chi connectivity index (χ3n) is 3.44. The molecule has 0 amide bonds. The van der Waals surface area contributed by atoms with Crippen molar-refractivity contribution < 1.29 is 13.2 Å². The Kier molecular flexibility index (Phi) is 4.14. The van der Waals surface area contributed by atoms with Crippen molar-refractivity contribution in [2.75, 3.05) is 43.2 Å². The molecule has 0 bridgehead atoms. The number of anilines is 2. The minimum atomic E-state index is -3.54. The summed E-state index contributed by atoms with van der Waals surface area (Å²) in [5.41, 5.74) is 7.62. The standard InChI is InChI=1S/C14H17N5O3S/c1-23(20,21)14-17-12(9-13(15)18-14)11-8-10(2-3-16-11)19-4-6-22-7-5-19/h2-3,8-9H,4-7H2,1H3,(H2,15,17,18). The van der Waals surface area contributed by atoms with Crippen LogP contribution < -0.4 is 10.6 Å². The quantitative estimate of drug-likeness (QED) is 0.800. The Hall–Kier alpha value is -2.26. The van der Waals surface area contributed by atoms with Crippen LogP contribution in [-0.4, -0.2) is 55.9 Å². The normalized spacial score (nSPS) is 15.6. The molecule has 0 saturated carbocycles. The van der Waals surface area contributed by atoms with Gasteiger partial charge >= 0.3 is 0 Å². The molecule has 2 aromatic heterocycles. The highest BCUT2D eigenvalue weighted by Gasteiger charge is 2.16. The molecule has 3 rings (SSSR count). The third kappa shape index (κ3) is 3.57. The fourth-order valence-corrected chi connectivity index (χ4v) is 2.85. The van der Waals surface area contributed by atoms with Crippen molar-refractivity contribution in [3.8, 4) is 11.4 Å². The zero-order chi connectivity index (χ0) is 16.4. The van der Waals surface area contributed by atoms with E-state index in [2.05, 4.69) is 19.9 Å². The number of pyridine rings is 1. The van der Waals surface area contributed by atoms with Crippen LogP contribution in [0.25, 0.3) is 11.4 Å². The first-order chi connectivity index (χ1) is 10.9. The molecular weight excluding hydrogens is 318 g/mol. The van der Waals surface area contributed by atoms with Crippen molar-refractivity contribution in [3.05, 3.63) is 24.4 Å². The number of ether oxygens (including phenoxy) is 1. The van der Waals surface area contributed by atoms with E-state index >= 15 is 0 Å². The molecule has 1 saturated heterocycles. The maximum Gasteiger partial charge on any atom is 0.249 e. The van der Waals surface area contributed by atoms with Gasteiger partial charge in [-0.15, -0.1) is 0 Å². The summed E-state index contributed by atoms with van der Waals surface area (Å²) >= 11 is 0. The summed E-state index contributed by atoms with van der Waals surface area (Å²) < 4.78 is 28.7. The van der Waals surface area contributed by atoms with E-state index in [1.54, 1.807) is 6.20 Å². The summed E-state index contributed by atoms with van der Waals surface area (Å²) in [6.07, 6.45) is 2.71. The SMILES string of the molecule is CS(=O)(=O)c1nc(N)cc(-c2cc(N3CCOCC3)ccn2)n1. The van der Waals surface area contributed by atoms with Crippen LogP contribution in [-0.2, 0) is 14.6 Å². The van der Waals surface area contributed by atoms with Gasteiger partial charge in [0.1, 0.15) is 5.82 Å². The van der Waals surface area contributed by atoms with E-state index in [-0.39, 0.29) is 11.0 Å². The lowest BCUT2D eigenvalue weighted by Crippen LogP contribution is -2.36. The predicted molar refractivity (Wildman–Crippen MR) is 85.8 cm³/mol. The Morgan fingerprint density at radius 1 is 1.17 bits per heavy atom. The smallest absolute Gasteiger partial charge is 0.249 e. The van der Waals surface area contributed by atoms with Crippen LogP contribution in [0.5, 0.6) is 0 Å². The average molecular weight is 335 g/mol. The fraction of sp³-hybridized carbons (Fsp3) is 0.357. The topological polar surface area (TPSA) is 111 Å². The van der Waals surface area contributed by atoms with Crippen LogP contribution in [0.15, 0.2) is 29.6 Å². The van der Waals surface area contributed by atoms with Crippen LogP contribution in [0.3, 0.4) is 0 Å². The summed E-state index contributed by atoms with van der Waals surface area (Å²) in [7, 11) is -3.54. The Morgan fingerprint density at radius 3 is 2.61 bits per heavy atom. The van der Waals surface area contributed by atoms with Crippen LogP contribution in [0.1, 0.15) is 0 Å². The lowest BCUT2D eigenvalue weighted by molar-refractivity contribution is 0.122. The van der Waals surface area contributed by atoms with Crippen molar-refractivity contribution in [1.29, 1.82) is 0 Å². The third-order valence-corrected chi connectivity index (χ3v) is 4.29. The molecule has 23 heavy (non-hydrogen) atoms. The predicted octanol–water partition coefficient (Wildman–Crippen LogP) is 0.361. The van der Waals surface area contributed by atoms with Crippen LogP contribution in [0.4, 0.5) is 11.5 Å². The van der Waals surface area contributed by atoms with Gasteiger partial charge in [-0.1, -0.05) is 0 Å². The van der Waals surface area contributed by atoms with Gasteiger partial charge in [0.25, 0.3) is 0 Å². The highest BCUT2D eigenvalue weighted by atomic mass is 32.2. The molecule has 0 unspecified atom stereocenters. The van der Waals surface area contributed by atoms with Gasteiger partial charge in [0, 0.05) is 37.3 Å². The maximum atomic E-state index is 11.7. The molecule has 122 valence electrons. The first-order valence-corrected chi connectivity index (χ1v) is 8.96. The van der Waals surface area contributed by atoms with Crippen LogP contribution in [0, 0.1) is 0 Å². The molecule has 1 aliphatic heterocycles. The number of morpholine rings is 1. The molecule has 0 spiro atoms. The highest BCUT2D eigenvalue weighted by Crippen LogP contribution is 2.23. The summed E-state index contributed by atoms with van der Waals surface area (Å²) in [6, 6.07) is 5.27. The second-order valence-electron chi connectivity index (χ2n) is 5.23. The molecule has 1 fully saturated rings. The minimum absolute atomic E-state index is 0.0917. The first kappa shape index (κ1) is 15.6. The number of nitrogens with zero attached hydrogens (tertiary/aromatic N) is 4. The van der Waals surface area contributed by atoms with Crippen LogP contribution >= 0.6 is 0 Å². The van der Waals surface area contributed by atoms with E-state index in [4.69, 9.17) is 10.5 Å². The zero-order valence-corrected chi connectivity index (χ0v) is 13.5. The molecule has 3 heterocycles. The van der Waals surface area contributed by atoms with Gasteiger partial charge in [-0.2, -0.15) is 0 Å². The van der Waals surface area contributed by atoms with E-state index in [0.29, 0.717) is 24.6 Å². The number of rotatable bonds is 3. The average Bonchev–Trinajstić information content (AvgIpc) is 2.54. The van der Waals surface area contributed by atoms with Gasteiger partial charge in [0.15, 0.2) is 0 Å². The van der Waals surface area contributed by atoms with E-state index in [9.17, 15) is 8.42 Å². The fourth-order valence-electron chi connectivity index (χ4n) is 2.32. The van der Waals surface area contributed by atoms with E-state index in [1.165, 1.54) is 6.07 Å². The lowest BCUT2D eigenvalue weighted by atomic mass is 10.2. The second-order valence-corrected chi connectivity index (χ2v) is 7.14. The van der Waals surface area contributed by atoms with Crippen molar-refractivity contribution in [2.24, 2.45) is 0 Å². The molecule has 0 atom stereocenters. The van der Waals surface area contributed by atoms with Gasteiger partial charge in [-0.25, -0.2) is 18.4 Å². The van der Waals surface area contributed by atoms with Gasteiger partial charge in [-0.05, 0) is 12.1 Å². The molecule has 0 aromatic carbocycles. The largest absolute Gasteiger partial charge is 0.384 e. The first-order valence-electron chi connectivity index (χ1n) is 7.07. The second kappa shape index (κ2) is 6.09. The monoisotopic (exact) mass is 335 g/mol. The Balaban J connectivity index is 2.00. The number of hydrogen-bond donors (Lipinski definition) is 1. The molecule has 2 N–H and O–H groups in total. The Bertz CT molecular complexity index is 819. The number of nitrogens with two attached hydrogens (primary N) is 1. The summed E-state index contributed by atoms with van der Waals surface area (Å²) in [5.74, 6) is 0.0917. The Labute approximate surface area is 134 Å². The summed E-state index contributed by atoms with van der Waals surface area (Å²) in [4.78, 5) is 14.3. The van der Waals surface area contributed by atoms with Gasteiger partial charge in [-0.3, -0.25) is 4.98 Å². The van der Waals surface area contributed by atoms with Crippen molar-refractivity contribution in [2.45, 2.75) is 5.16 Å². The number of sulfone groups is 1. The molecule has 8 nitrogen and oxygen atoms in total. The van der Waals surface area contributed by atoms with Gasteiger partial charge < -0.3 is 15.4 Å². The van der Waals surface area contributed by atoms with Crippen LogP contribution in [0.2, 0.25) is 0 Å². The number of nitrogen functional groups attached to an aromatic ring is 1. The maximum absolute atomic E-state index is 11.7. The minimum Gasteiger partial charge on any atom is -0.384 e. The van der Waals surface area contributed by atoms with E-state index in [1.807, 2.05) is 12.1 Å². The highest BCUT2D eigenvalue weighted by molar-refractivity contribution is 7.90. The molecule has 9 heteroatoms. The molecule has 1 aliphatic rings. The molecule has 2 aromatic rings. The summed E-state index contributed by atoms with van der Waals surface area (Å²) in [5, 5.41) is -0.300. The van der Waals surface area contributed by atoms with E-state index < -0.39 is 9.84 Å². The number of hydrogen-bond acceptors (Lipinski definition) is 8. The Morgan fingerprint density at radius 2 is 1.91 bits per heavy atom. The molecule has 0 aliphatic carbocycles. The summed E-state index contributed by atoms with van der Waals surface area (Å²) in [6.45, 7) is 2.95. The van der Waals surface area contributed by atoms with Crippen molar-refractivity contribution in [3.63, 3.8) is 0 Å². The van der Waals surface area contributed by atoms with Gasteiger partial charge in [0.2, 0.25) is 15.0 Å². The van der Waals surface area contributed by atoms with Crippen molar-refractivity contribution >= 4 is 21.3 Å². The molecule has 0 radical (unpaired) electrons. The zero-order valence-electron chi connectivity index (χ0n) is 12.6. The van der Waals surface area contributed by atoms with Crippen molar-refractivity contribution in [1.82, 2.24) is 15.0 Å². The molecular formula is C14H17N5O3S. The number of aromatic nitrogens is 3. The lowest BCUT2D eigenvalue weighted by Gasteiger charge is -2.28. The van der Waals surface area contributed by atoms with E-state index in [0.717, 1.165) is 25.0 Å². The van der Waals surface area contributed by atoms with Gasteiger partial charge in [0.05, 0.1) is 24.6 Å².